The molecule has 0 aliphatic carbocycles. The summed E-state index contributed by atoms with van der Waals surface area (Å²) in [7, 11) is 2.89. The van der Waals surface area contributed by atoms with Crippen molar-refractivity contribution in [2.45, 2.75) is 39.8 Å². The maximum absolute atomic E-state index is 12.8. The second-order valence-electron chi connectivity index (χ2n) is 7.31. The number of ether oxygens (including phenoxy) is 3. The van der Waals surface area contributed by atoms with Crippen LogP contribution in [0.5, 0.6) is 11.5 Å². The zero-order valence-electron chi connectivity index (χ0n) is 19.2. The number of imidazole rings is 1. The molecule has 0 unspecified atom stereocenters. The van der Waals surface area contributed by atoms with Crippen molar-refractivity contribution in [3.8, 4) is 11.5 Å². The Morgan fingerprint density at radius 2 is 1.97 bits per heavy atom. The van der Waals surface area contributed by atoms with Gasteiger partial charge < -0.3 is 18.8 Å². The van der Waals surface area contributed by atoms with Crippen LogP contribution in [0.3, 0.4) is 0 Å². The SMILES string of the molecule is CCCCn1c(=O)[nH]c(=O)c2c1nc(COC(=O)c1cc(OC)c(OCC)cc1[N+](=O)[O-])n2C. The first-order chi connectivity index (χ1) is 16.2. The number of H-pyrrole nitrogens is 1. The third kappa shape index (κ3) is 4.63. The van der Waals surface area contributed by atoms with E-state index in [2.05, 4.69) is 9.97 Å². The number of nitro benzene ring substituents is 1. The Bertz CT molecular complexity index is 1350. The number of hydrogen-bond donors (Lipinski definition) is 1. The number of fused-ring (bicyclic) bond motifs is 1. The number of benzene rings is 1. The quantitative estimate of drug-likeness (QED) is 0.262. The number of aryl methyl sites for hydroxylation is 2. The molecular weight excluding hydrogens is 450 g/mol. The average molecular weight is 475 g/mol. The Balaban J connectivity index is 1.96. The molecule has 182 valence electrons. The Labute approximate surface area is 193 Å². The largest absolute Gasteiger partial charge is 0.493 e. The summed E-state index contributed by atoms with van der Waals surface area (Å²) in [4.78, 5) is 54.8. The van der Waals surface area contributed by atoms with Gasteiger partial charge in [0.1, 0.15) is 18.0 Å². The van der Waals surface area contributed by atoms with Gasteiger partial charge >= 0.3 is 11.7 Å². The minimum absolute atomic E-state index is 0.118. The van der Waals surface area contributed by atoms with E-state index in [-0.39, 0.29) is 40.7 Å². The van der Waals surface area contributed by atoms with Gasteiger partial charge in [-0.15, -0.1) is 0 Å². The van der Waals surface area contributed by atoms with Gasteiger partial charge in [-0.25, -0.2) is 14.6 Å². The lowest BCUT2D eigenvalue weighted by atomic mass is 10.1. The number of esters is 1. The topological polar surface area (TPSA) is 161 Å². The zero-order chi connectivity index (χ0) is 25.0. The van der Waals surface area contributed by atoms with Gasteiger partial charge in [-0.1, -0.05) is 13.3 Å². The van der Waals surface area contributed by atoms with E-state index < -0.39 is 34.4 Å². The molecule has 3 rings (SSSR count). The van der Waals surface area contributed by atoms with Crippen LogP contribution in [0.15, 0.2) is 21.7 Å². The van der Waals surface area contributed by atoms with Crippen molar-refractivity contribution in [1.82, 2.24) is 19.1 Å². The molecule has 0 fully saturated rings. The van der Waals surface area contributed by atoms with E-state index in [0.29, 0.717) is 13.0 Å². The number of rotatable bonds is 10. The van der Waals surface area contributed by atoms with Crippen LogP contribution in [0.4, 0.5) is 5.69 Å². The van der Waals surface area contributed by atoms with E-state index in [1.807, 2.05) is 6.92 Å². The number of nitrogens with one attached hydrogen (secondary N) is 1. The average Bonchev–Trinajstić information content (AvgIpc) is 3.13. The van der Waals surface area contributed by atoms with Crippen molar-refractivity contribution in [2.75, 3.05) is 13.7 Å². The normalized spacial score (nSPS) is 10.9. The molecule has 2 heterocycles. The van der Waals surface area contributed by atoms with Crippen molar-refractivity contribution in [3.63, 3.8) is 0 Å². The van der Waals surface area contributed by atoms with Crippen LogP contribution < -0.4 is 20.7 Å². The Hall–Kier alpha value is -4.16. The van der Waals surface area contributed by atoms with E-state index >= 15 is 0 Å². The van der Waals surface area contributed by atoms with Gasteiger partial charge in [0.2, 0.25) is 0 Å². The van der Waals surface area contributed by atoms with Crippen LogP contribution in [0, 0.1) is 10.1 Å². The zero-order valence-corrected chi connectivity index (χ0v) is 19.2. The van der Waals surface area contributed by atoms with Gasteiger partial charge in [0, 0.05) is 19.7 Å². The highest BCUT2D eigenvalue weighted by Gasteiger charge is 2.26. The Morgan fingerprint density at radius 3 is 2.59 bits per heavy atom. The van der Waals surface area contributed by atoms with E-state index in [9.17, 15) is 24.5 Å². The first-order valence-corrected chi connectivity index (χ1v) is 10.6. The van der Waals surface area contributed by atoms with Gasteiger partial charge in [0.15, 0.2) is 22.7 Å². The van der Waals surface area contributed by atoms with Crippen LogP contribution in [0.2, 0.25) is 0 Å². The first kappa shape index (κ1) is 24.5. The van der Waals surface area contributed by atoms with Crippen LogP contribution in [-0.2, 0) is 24.9 Å². The molecule has 0 bridgehead atoms. The number of nitrogens with zero attached hydrogens (tertiary/aromatic N) is 4. The van der Waals surface area contributed by atoms with Crippen LogP contribution in [-0.4, -0.2) is 43.7 Å². The Kier molecular flexibility index (Phi) is 7.34. The first-order valence-electron chi connectivity index (χ1n) is 10.6. The molecule has 13 nitrogen and oxygen atoms in total. The minimum atomic E-state index is -0.989. The third-order valence-electron chi connectivity index (χ3n) is 5.17. The van der Waals surface area contributed by atoms with Crippen LogP contribution >= 0.6 is 0 Å². The molecule has 0 radical (unpaired) electrons. The molecule has 0 spiro atoms. The van der Waals surface area contributed by atoms with Gasteiger partial charge in [0.05, 0.1) is 24.7 Å². The molecule has 0 atom stereocenters. The lowest BCUT2D eigenvalue weighted by Gasteiger charge is -2.11. The van der Waals surface area contributed by atoms with Gasteiger partial charge in [-0.2, -0.15) is 0 Å². The fraction of sp³-hybridized carbons (Fsp3) is 0.429. The monoisotopic (exact) mass is 475 g/mol. The van der Waals surface area contributed by atoms with Crippen LogP contribution in [0.1, 0.15) is 42.9 Å². The summed E-state index contributed by atoms with van der Waals surface area (Å²) in [6, 6.07) is 2.27. The summed E-state index contributed by atoms with van der Waals surface area (Å²) in [6.07, 6.45) is 1.53. The molecule has 3 aromatic rings. The van der Waals surface area contributed by atoms with Gasteiger partial charge in [-0.3, -0.25) is 24.5 Å². The van der Waals surface area contributed by atoms with E-state index in [4.69, 9.17) is 14.2 Å². The third-order valence-corrected chi connectivity index (χ3v) is 5.17. The molecule has 34 heavy (non-hydrogen) atoms. The molecule has 1 N–H and O–H groups in total. The van der Waals surface area contributed by atoms with Crippen molar-refractivity contribution < 1.29 is 23.9 Å². The smallest absolute Gasteiger partial charge is 0.345 e. The Morgan fingerprint density at radius 1 is 1.24 bits per heavy atom. The number of carbonyl (C=O) groups excluding carboxylic acids is 1. The van der Waals surface area contributed by atoms with Crippen molar-refractivity contribution >= 4 is 22.8 Å². The fourth-order valence-corrected chi connectivity index (χ4v) is 3.44. The predicted molar refractivity (Wildman–Crippen MR) is 120 cm³/mol. The highest BCUT2D eigenvalue weighted by atomic mass is 16.6. The minimum Gasteiger partial charge on any atom is -0.493 e. The molecule has 0 aliphatic heterocycles. The molecule has 0 aliphatic rings. The van der Waals surface area contributed by atoms with E-state index in [0.717, 1.165) is 12.5 Å². The number of hydrogen-bond acceptors (Lipinski definition) is 9. The second kappa shape index (κ2) is 10.2. The van der Waals surface area contributed by atoms with Gasteiger partial charge in [0.25, 0.3) is 11.2 Å². The summed E-state index contributed by atoms with van der Waals surface area (Å²) in [6.45, 7) is 3.88. The van der Waals surface area contributed by atoms with Crippen LogP contribution in [0.25, 0.3) is 11.2 Å². The lowest BCUT2D eigenvalue weighted by molar-refractivity contribution is -0.385. The number of carbonyl (C=O) groups is 1. The number of aromatic nitrogens is 4. The summed E-state index contributed by atoms with van der Waals surface area (Å²) in [5, 5.41) is 11.5. The summed E-state index contributed by atoms with van der Waals surface area (Å²) in [5.74, 6) is -0.552. The maximum atomic E-state index is 12.8. The molecule has 0 saturated carbocycles. The standard InChI is InChI=1S/C21H25N5O8/c1-5-7-8-25-18-17(19(27)23-21(25)29)24(3)16(22-18)11-34-20(28)12-9-14(32-4)15(33-6-2)10-13(12)26(30)31/h9-10H,5-8,11H2,1-4H3,(H,23,27,29). The molecule has 13 heteroatoms. The molecule has 2 aromatic heterocycles. The number of unbranched alkanes of at least 4 members (excludes halogenated alkanes) is 1. The van der Waals surface area contributed by atoms with Gasteiger partial charge in [-0.05, 0) is 13.3 Å². The summed E-state index contributed by atoms with van der Waals surface area (Å²) < 4.78 is 18.6. The number of nitro groups is 1. The molecule has 1 aromatic carbocycles. The molecule has 0 amide bonds. The number of methoxy groups -OCH3 is 1. The van der Waals surface area contributed by atoms with E-state index in [1.165, 1.54) is 22.3 Å². The summed E-state index contributed by atoms with van der Waals surface area (Å²) >= 11 is 0. The van der Waals surface area contributed by atoms with Crippen molar-refractivity contribution in [2.24, 2.45) is 7.05 Å². The second-order valence-corrected chi connectivity index (χ2v) is 7.31. The molecular formula is C21H25N5O8. The molecule has 0 saturated heterocycles. The van der Waals surface area contributed by atoms with Crippen molar-refractivity contribution in [3.05, 3.63) is 54.5 Å². The maximum Gasteiger partial charge on any atom is 0.345 e. The summed E-state index contributed by atoms with van der Waals surface area (Å²) in [5.41, 5.74) is -1.72. The van der Waals surface area contributed by atoms with E-state index in [1.54, 1.807) is 14.0 Å². The predicted octanol–water partition coefficient (Wildman–Crippen LogP) is 1.90. The number of aromatic amines is 1. The van der Waals surface area contributed by atoms with Crippen molar-refractivity contribution in [1.29, 1.82) is 0 Å². The highest BCUT2D eigenvalue weighted by Crippen LogP contribution is 2.35. The highest BCUT2D eigenvalue weighted by molar-refractivity contribution is 5.95. The lowest BCUT2D eigenvalue weighted by Crippen LogP contribution is -2.31. The fourth-order valence-electron chi connectivity index (χ4n) is 3.44.